The first kappa shape index (κ1) is 19.2. The van der Waals surface area contributed by atoms with Crippen molar-refractivity contribution >= 4 is 18.0 Å². The van der Waals surface area contributed by atoms with E-state index in [2.05, 4.69) is 36.2 Å². The number of hydroxylamine groups is 1. The predicted octanol–water partition coefficient (Wildman–Crippen LogP) is 5.19. The van der Waals surface area contributed by atoms with Crippen molar-refractivity contribution < 1.29 is 9.95 Å². The molecule has 0 bridgehead atoms. The topological polar surface area (TPSA) is 36.1 Å². The van der Waals surface area contributed by atoms with E-state index >= 15 is 0 Å². The lowest BCUT2D eigenvalue weighted by Gasteiger charge is -2.10. The quantitative estimate of drug-likeness (QED) is 0.364. The second kappa shape index (κ2) is 8.73. The van der Waals surface area contributed by atoms with E-state index in [1.165, 1.54) is 10.3 Å². The van der Waals surface area contributed by atoms with E-state index in [-0.39, 0.29) is 5.54 Å². The summed E-state index contributed by atoms with van der Waals surface area (Å²) in [5.74, 6) is 0. The maximum Gasteiger partial charge on any atom is 0.226 e. The molecule has 1 heterocycles. The summed E-state index contributed by atoms with van der Waals surface area (Å²) in [5.41, 5.74) is 1.80. The third-order valence-corrected chi connectivity index (χ3v) is 4.03. The Bertz CT molecular complexity index is 643. The van der Waals surface area contributed by atoms with E-state index in [1.807, 2.05) is 46.8 Å². The van der Waals surface area contributed by atoms with Crippen LogP contribution in [0.4, 0.5) is 0 Å². The third kappa shape index (κ3) is 6.06. The molecule has 4 heteroatoms. The van der Waals surface area contributed by atoms with Crippen LogP contribution < -0.4 is 0 Å². The summed E-state index contributed by atoms with van der Waals surface area (Å²) < 4.78 is 1.23. The molecule has 1 aromatic heterocycles. The summed E-state index contributed by atoms with van der Waals surface area (Å²) in [7, 11) is 0. The molecule has 0 unspecified atom stereocenters. The summed E-state index contributed by atoms with van der Waals surface area (Å²) >= 11 is 1.60. The molecule has 2 aromatic rings. The molecule has 0 fully saturated rings. The van der Waals surface area contributed by atoms with E-state index in [1.54, 1.807) is 24.2 Å². The van der Waals surface area contributed by atoms with Gasteiger partial charge in [0.15, 0.2) is 0 Å². The first-order valence-corrected chi connectivity index (χ1v) is 8.70. The number of aromatic nitrogens is 1. The van der Waals surface area contributed by atoms with Gasteiger partial charge in [0.2, 0.25) is 11.8 Å². The van der Waals surface area contributed by atoms with Gasteiger partial charge in [0.1, 0.15) is 5.03 Å². The van der Waals surface area contributed by atoms with Crippen LogP contribution in [-0.4, -0.2) is 26.7 Å². The lowest BCUT2D eigenvalue weighted by molar-refractivity contribution is -0.816. The zero-order valence-corrected chi connectivity index (χ0v) is 15.7. The SMILES string of the molecule is CC.Cc1ccc(Sc2ncccc2/C=[N+](\O)C(C)(C)C)cc1. The fraction of sp³-hybridized carbons (Fsp3) is 0.368. The van der Waals surface area contributed by atoms with Crippen LogP contribution in [0.3, 0.4) is 0 Å². The van der Waals surface area contributed by atoms with Gasteiger partial charge in [0.25, 0.3) is 0 Å². The maximum absolute atomic E-state index is 10.1. The lowest BCUT2D eigenvalue weighted by Crippen LogP contribution is -2.31. The van der Waals surface area contributed by atoms with Gasteiger partial charge in [-0.15, -0.1) is 0 Å². The minimum atomic E-state index is -0.346. The first-order chi connectivity index (χ1) is 10.9. The molecule has 2 rings (SSSR count). The molecule has 23 heavy (non-hydrogen) atoms. The highest BCUT2D eigenvalue weighted by atomic mass is 32.2. The van der Waals surface area contributed by atoms with Crippen LogP contribution >= 0.6 is 11.8 Å². The van der Waals surface area contributed by atoms with Crippen molar-refractivity contribution in [2.45, 2.75) is 57.0 Å². The van der Waals surface area contributed by atoms with E-state index < -0.39 is 0 Å². The summed E-state index contributed by atoms with van der Waals surface area (Å²) in [5, 5.41) is 11.0. The Morgan fingerprint density at radius 2 is 1.70 bits per heavy atom. The first-order valence-electron chi connectivity index (χ1n) is 7.89. The van der Waals surface area contributed by atoms with Crippen LogP contribution in [0.15, 0.2) is 52.5 Å². The Labute approximate surface area is 144 Å². The van der Waals surface area contributed by atoms with Crippen molar-refractivity contribution in [3.63, 3.8) is 0 Å². The smallest absolute Gasteiger partial charge is 0.226 e. The van der Waals surface area contributed by atoms with Gasteiger partial charge < -0.3 is 0 Å². The molecule has 0 saturated carbocycles. The molecule has 3 nitrogen and oxygen atoms in total. The van der Waals surface area contributed by atoms with Crippen LogP contribution in [0, 0.1) is 6.92 Å². The number of hydrogen-bond acceptors (Lipinski definition) is 3. The summed E-state index contributed by atoms with van der Waals surface area (Å²) in [6.07, 6.45) is 3.50. The molecule has 0 spiro atoms. The Kier molecular flexibility index (Phi) is 7.30. The fourth-order valence-electron chi connectivity index (χ4n) is 1.63. The van der Waals surface area contributed by atoms with Crippen LogP contribution in [0.2, 0.25) is 0 Å². The zero-order valence-electron chi connectivity index (χ0n) is 14.9. The van der Waals surface area contributed by atoms with Crippen LogP contribution in [0.5, 0.6) is 0 Å². The molecule has 1 aromatic carbocycles. The summed E-state index contributed by atoms with van der Waals surface area (Å²) in [4.78, 5) is 5.56. The fourth-order valence-corrected chi connectivity index (χ4v) is 2.48. The van der Waals surface area contributed by atoms with E-state index in [4.69, 9.17) is 0 Å². The van der Waals surface area contributed by atoms with Crippen LogP contribution in [0.1, 0.15) is 45.7 Å². The molecule has 1 N–H and O–H groups in total. The average molecular weight is 332 g/mol. The second-order valence-corrected chi connectivity index (χ2v) is 7.02. The third-order valence-electron chi connectivity index (χ3n) is 2.98. The van der Waals surface area contributed by atoms with Crippen molar-refractivity contribution in [3.05, 3.63) is 53.7 Å². The molecule has 0 atom stereocenters. The van der Waals surface area contributed by atoms with Crippen LogP contribution in [-0.2, 0) is 0 Å². The maximum atomic E-state index is 10.1. The molecule has 124 valence electrons. The monoisotopic (exact) mass is 331 g/mol. The van der Waals surface area contributed by atoms with Crippen molar-refractivity contribution in [1.29, 1.82) is 0 Å². The Morgan fingerprint density at radius 3 is 2.26 bits per heavy atom. The second-order valence-electron chi connectivity index (χ2n) is 5.96. The van der Waals surface area contributed by atoms with Gasteiger partial charge in [0.05, 0.1) is 5.56 Å². The van der Waals surface area contributed by atoms with E-state index in [0.717, 1.165) is 15.5 Å². The zero-order chi connectivity index (χ0) is 17.5. The Balaban J connectivity index is 0.00000127. The van der Waals surface area contributed by atoms with Crippen molar-refractivity contribution in [2.24, 2.45) is 0 Å². The number of benzene rings is 1. The minimum absolute atomic E-state index is 0.346. The highest BCUT2D eigenvalue weighted by molar-refractivity contribution is 7.99. The Hall–Kier alpha value is -1.81. The average Bonchev–Trinajstić information content (AvgIpc) is 2.52. The number of nitrogens with zero attached hydrogens (tertiary/aromatic N) is 2. The molecular formula is C19H27N2OS+. The minimum Gasteiger partial charge on any atom is -0.290 e. The molecule has 0 amide bonds. The number of hydrogen-bond donors (Lipinski definition) is 1. The van der Waals surface area contributed by atoms with Gasteiger partial charge >= 0.3 is 0 Å². The molecule has 0 aliphatic carbocycles. The summed E-state index contributed by atoms with van der Waals surface area (Å²) in [6, 6.07) is 12.2. The molecule has 0 aliphatic rings. The van der Waals surface area contributed by atoms with Crippen LogP contribution in [0.25, 0.3) is 0 Å². The van der Waals surface area contributed by atoms with Gasteiger partial charge in [-0.05, 0) is 35.9 Å². The normalized spacial score (nSPS) is 11.7. The predicted molar refractivity (Wildman–Crippen MR) is 97.9 cm³/mol. The standard InChI is InChI=1S/C17H21N2OS.C2H6/c1-13-7-9-15(10-8-13)21-16-14(6-5-11-18-16)12-19(20)17(2,3)4;1-2/h5-12,20H,1-4H3;1-2H3/q+1;. The number of pyridine rings is 1. The molecular weight excluding hydrogens is 304 g/mol. The number of rotatable bonds is 3. The molecule has 0 aliphatic heterocycles. The highest BCUT2D eigenvalue weighted by Gasteiger charge is 2.24. The van der Waals surface area contributed by atoms with Crippen molar-refractivity contribution in [3.8, 4) is 0 Å². The summed E-state index contributed by atoms with van der Waals surface area (Å²) in [6.45, 7) is 11.9. The molecule has 0 radical (unpaired) electrons. The van der Waals surface area contributed by atoms with E-state index in [9.17, 15) is 5.21 Å². The van der Waals surface area contributed by atoms with Gasteiger partial charge in [-0.25, -0.2) is 4.98 Å². The largest absolute Gasteiger partial charge is 0.290 e. The number of aryl methyl sites for hydroxylation is 1. The van der Waals surface area contributed by atoms with Gasteiger partial charge in [-0.3, -0.25) is 5.21 Å². The lowest BCUT2D eigenvalue weighted by atomic mass is 10.1. The van der Waals surface area contributed by atoms with Crippen molar-refractivity contribution in [1.82, 2.24) is 4.98 Å². The van der Waals surface area contributed by atoms with Gasteiger partial charge in [-0.1, -0.05) is 43.3 Å². The molecule has 0 saturated heterocycles. The van der Waals surface area contributed by atoms with Gasteiger partial charge in [0, 0.05) is 31.9 Å². The van der Waals surface area contributed by atoms with E-state index in [0.29, 0.717) is 0 Å². The highest BCUT2D eigenvalue weighted by Crippen LogP contribution is 2.28. The Morgan fingerprint density at radius 1 is 1.09 bits per heavy atom. The van der Waals surface area contributed by atoms with Gasteiger partial charge in [-0.2, -0.15) is 0 Å². The van der Waals surface area contributed by atoms with Crippen molar-refractivity contribution in [2.75, 3.05) is 0 Å².